The van der Waals surface area contributed by atoms with Gasteiger partial charge in [0.05, 0.1) is 6.54 Å². The van der Waals surface area contributed by atoms with E-state index in [9.17, 15) is 4.79 Å². The van der Waals surface area contributed by atoms with Crippen molar-refractivity contribution in [2.75, 3.05) is 39.3 Å². The van der Waals surface area contributed by atoms with Crippen molar-refractivity contribution in [2.24, 2.45) is 0 Å². The van der Waals surface area contributed by atoms with Crippen LogP contribution in [0, 0.1) is 0 Å². The molecule has 1 unspecified atom stereocenters. The molecule has 1 fully saturated rings. The molecule has 2 N–H and O–H groups in total. The van der Waals surface area contributed by atoms with Crippen LogP contribution in [0.4, 0.5) is 0 Å². The van der Waals surface area contributed by atoms with Crippen LogP contribution in [0.2, 0.25) is 0 Å². The molecule has 1 aliphatic heterocycles. The zero-order valence-corrected chi connectivity index (χ0v) is 14.1. The second-order valence-corrected chi connectivity index (χ2v) is 6.37. The van der Waals surface area contributed by atoms with Crippen molar-refractivity contribution < 1.29 is 9.90 Å². The van der Waals surface area contributed by atoms with Crippen LogP contribution in [-0.2, 0) is 11.3 Å². The number of rotatable bonds is 8. The summed E-state index contributed by atoms with van der Waals surface area (Å²) in [6, 6.07) is 10.7. The molecule has 0 radical (unpaired) electrons. The zero-order chi connectivity index (χ0) is 16.5. The van der Waals surface area contributed by atoms with Crippen molar-refractivity contribution in [1.29, 1.82) is 0 Å². The number of hydrogen-bond donors (Lipinski definition) is 2. The second kappa shape index (κ2) is 9.65. The van der Waals surface area contributed by atoms with E-state index in [2.05, 4.69) is 39.4 Å². The molecule has 23 heavy (non-hydrogen) atoms. The first-order valence-corrected chi connectivity index (χ1v) is 8.56. The molecule has 1 saturated heterocycles. The predicted octanol–water partition coefficient (Wildman–Crippen LogP) is 1.08. The Morgan fingerprint density at radius 2 is 1.83 bits per heavy atom. The van der Waals surface area contributed by atoms with Crippen LogP contribution in [0.15, 0.2) is 30.3 Å². The maximum Gasteiger partial charge on any atom is 0.234 e. The first-order valence-electron chi connectivity index (χ1n) is 8.56. The lowest BCUT2D eigenvalue weighted by Crippen LogP contribution is -2.49. The molecule has 1 aromatic rings. The fraction of sp³-hybridized carbons (Fsp3) is 0.611. The summed E-state index contributed by atoms with van der Waals surface area (Å²) in [6.45, 7) is 7.51. The van der Waals surface area contributed by atoms with Gasteiger partial charge in [-0.1, -0.05) is 30.3 Å². The minimum atomic E-state index is 0.0898. The molecule has 128 valence electrons. The second-order valence-electron chi connectivity index (χ2n) is 6.37. The van der Waals surface area contributed by atoms with Gasteiger partial charge in [-0.2, -0.15) is 0 Å². The molecule has 1 heterocycles. The van der Waals surface area contributed by atoms with Gasteiger partial charge in [0.25, 0.3) is 0 Å². The lowest BCUT2D eigenvalue weighted by Gasteiger charge is -2.34. The molecule has 0 bridgehead atoms. The van der Waals surface area contributed by atoms with Gasteiger partial charge in [-0.3, -0.25) is 14.6 Å². The Bertz CT molecular complexity index is 459. The van der Waals surface area contributed by atoms with Gasteiger partial charge in [0.1, 0.15) is 0 Å². The molecule has 2 rings (SSSR count). The molecule has 1 aromatic carbocycles. The molecule has 1 aliphatic rings. The van der Waals surface area contributed by atoms with Crippen molar-refractivity contribution in [3.8, 4) is 0 Å². The van der Waals surface area contributed by atoms with Gasteiger partial charge in [-0.05, 0) is 25.3 Å². The van der Waals surface area contributed by atoms with Gasteiger partial charge in [-0.25, -0.2) is 0 Å². The first kappa shape index (κ1) is 17.9. The molecule has 0 aliphatic carbocycles. The number of nitrogens with zero attached hydrogens (tertiary/aromatic N) is 2. The lowest BCUT2D eigenvalue weighted by atomic mass is 10.2. The third-order valence-electron chi connectivity index (χ3n) is 4.28. The van der Waals surface area contributed by atoms with Gasteiger partial charge < -0.3 is 10.4 Å². The zero-order valence-electron chi connectivity index (χ0n) is 14.1. The van der Waals surface area contributed by atoms with Crippen molar-refractivity contribution in [3.05, 3.63) is 35.9 Å². The number of benzene rings is 1. The minimum absolute atomic E-state index is 0.0898. The van der Waals surface area contributed by atoms with Gasteiger partial charge in [0.15, 0.2) is 0 Å². The van der Waals surface area contributed by atoms with Crippen LogP contribution in [0.1, 0.15) is 25.3 Å². The minimum Gasteiger partial charge on any atom is -0.396 e. The summed E-state index contributed by atoms with van der Waals surface area (Å²) in [5.41, 5.74) is 1.34. The molecule has 1 amide bonds. The van der Waals surface area contributed by atoms with Gasteiger partial charge in [-0.15, -0.1) is 0 Å². The number of carbonyl (C=O) groups excluding carboxylic acids is 1. The maximum atomic E-state index is 12.0. The Morgan fingerprint density at radius 1 is 1.17 bits per heavy atom. The standard InChI is InChI=1S/C18H29N3O2/c1-16(6-5-13-22)19-18(23)15-21-11-9-20(10-12-21)14-17-7-3-2-4-8-17/h2-4,7-8,16,22H,5-6,9-15H2,1H3,(H,19,23). The van der Waals surface area contributed by atoms with E-state index >= 15 is 0 Å². The maximum absolute atomic E-state index is 12.0. The number of hydrogen-bond acceptors (Lipinski definition) is 4. The average molecular weight is 319 g/mol. The van der Waals surface area contributed by atoms with E-state index in [1.165, 1.54) is 5.56 Å². The Balaban J connectivity index is 1.65. The summed E-state index contributed by atoms with van der Waals surface area (Å²) in [5, 5.41) is 11.8. The quantitative estimate of drug-likeness (QED) is 0.753. The fourth-order valence-electron chi connectivity index (χ4n) is 2.94. The molecule has 0 saturated carbocycles. The summed E-state index contributed by atoms with van der Waals surface area (Å²) < 4.78 is 0. The Kier molecular flexibility index (Phi) is 7.52. The molecule has 0 aromatic heterocycles. The first-order chi connectivity index (χ1) is 11.2. The van der Waals surface area contributed by atoms with Crippen molar-refractivity contribution >= 4 is 5.91 Å². The highest BCUT2D eigenvalue weighted by Gasteiger charge is 2.19. The normalized spacial score (nSPS) is 17.8. The molecule has 0 spiro atoms. The summed E-state index contributed by atoms with van der Waals surface area (Å²) in [5.74, 6) is 0.0898. The van der Waals surface area contributed by atoms with Gasteiger partial charge in [0.2, 0.25) is 5.91 Å². The van der Waals surface area contributed by atoms with E-state index in [4.69, 9.17) is 5.11 Å². The summed E-state index contributed by atoms with van der Waals surface area (Å²) >= 11 is 0. The van der Waals surface area contributed by atoms with E-state index in [0.717, 1.165) is 45.6 Å². The van der Waals surface area contributed by atoms with E-state index < -0.39 is 0 Å². The van der Waals surface area contributed by atoms with Crippen LogP contribution in [-0.4, -0.2) is 66.2 Å². The number of carbonyl (C=O) groups is 1. The molecule has 5 nitrogen and oxygen atoms in total. The molecule has 5 heteroatoms. The van der Waals surface area contributed by atoms with Crippen LogP contribution < -0.4 is 5.32 Å². The summed E-state index contributed by atoms with van der Waals surface area (Å²) in [6.07, 6.45) is 1.56. The van der Waals surface area contributed by atoms with Crippen LogP contribution >= 0.6 is 0 Å². The number of nitrogens with one attached hydrogen (secondary N) is 1. The summed E-state index contributed by atoms with van der Waals surface area (Å²) in [4.78, 5) is 16.7. The van der Waals surface area contributed by atoms with E-state index in [-0.39, 0.29) is 18.6 Å². The monoisotopic (exact) mass is 319 g/mol. The van der Waals surface area contributed by atoms with Crippen molar-refractivity contribution in [2.45, 2.75) is 32.4 Å². The molecular formula is C18H29N3O2. The van der Waals surface area contributed by atoms with Gasteiger partial charge >= 0.3 is 0 Å². The topological polar surface area (TPSA) is 55.8 Å². The van der Waals surface area contributed by atoms with E-state index in [1.54, 1.807) is 0 Å². The lowest BCUT2D eigenvalue weighted by molar-refractivity contribution is -0.123. The number of piperazine rings is 1. The third kappa shape index (κ3) is 6.69. The highest BCUT2D eigenvalue weighted by Crippen LogP contribution is 2.08. The van der Waals surface area contributed by atoms with Crippen LogP contribution in [0.3, 0.4) is 0 Å². The smallest absolute Gasteiger partial charge is 0.234 e. The highest BCUT2D eigenvalue weighted by molar-refractivity contribution is 5.78. The van der Waals surface area contributed by atoms with E-state index in [0.29, 0.717) is 6.54 Å². The fourth-order valence-corrected chi connectivity index (χ4v) is 2.94. The predicted molar refractivity (Wildman–Crippen MR) is 92.1 cm³/mol. The van der Waals surface area contributed by atoms with Crippen molar-refractivity contribution in [3.63, 3.8) is 0 Å². The van der Waals surface area contributed by atoms with E-state index in [1.807, 2.05) is 13.0 Å². The Hall–Kier alpha value is -1.43. The average Bonchev–Trinajstić information content (AvgIpc) is 2.55. The SMILES string of the molecule is CC(CCCO)NC(=O)CN1CCN(Cc2ccccc2)CC1. The van der Waals surface area contributed by atoms with Crippen molar-refractivity contribution in [1.82, 2.24) is 15.1 Å². The number of aliphatic hydroxyl groups is 1. The Morgan fingerprint density at radius 3 is 2.48 bits per heavy atom. The van der Waals surface area contributed by atoms with Crippen LogP contribution in [0.5, 0.6) is 0 Å². The van der Waals surface area contributed by atoms with Crippen LogP contribution in [0.25, 0.3) is 0 Å². The summed E-state index contributed by atoms with van der Waals surface area (Å²) in [7, 11) is 0. The largest absolute Gasteiger partial charge is 0.396 e. The molecule has 1 atom stereocenters. The molecular weight excluding hydrogens is 290 g/mol. The third-order valence-corrected chi connectivity index (χ3v) is 4.28. The Labute approximate surface area is 139 Å². The van der Waals surface area contributed by atoms with Gasteiger partial charge in [0, 0.05) is 45.4 Å². The number of amides is 1. The number of aliphatic hydroxyl groups excluding tert-OH is 1. The highest BCUT2D eigenvalue weighted by atomic mass is 16.3.